The van der Waals surface area contributed by atoms with Crippen molar-refractivity contribution in [3.05, 3.63) is 33.1 Å². The summed E-state index contributed by atoms with van der Waals surface area (Å²) in [7, 11) is 0. The zero-order valence-electron chi connectivity index (χ0n) is 11.2. The van der Waals surface area contributed by atoms with Crippen molar-refractivity contribution in [1.29, 1.82) is 0 Å². The third-order valence-electron chi connectivity index (χ3n) is 3.08. The monoisotopic (exact) mass is 323 g/mol. The van der Waals surface area contributed by atoms with Crippen LogP contribution in [0.2, 0.25) is 0 Å². The summed E-state index contributed by atoms with van der Waals surface area (Å²) < 4.78 is 64.7. The molecule has 0 spiro atoms. The Morgan fingerprint density at radius 1 is 1.41 bits per heavy atom. The van der Waals surface area contributed by atoms with Crippen LogP contribution in [0.15, 0.2) is 6.07 Å². The molecule has 22 heavy (non-hydrogen) atoms. The number of aromatic amines is 1. The Labute approximate surface area is 120 Å². The number of nitrogens with one attached hydrogen (secondary N) is 1. The van der Waals surface area contributed by atoms with E-state index < -0.39 is 45.6 Å². The fourth-order valence-corrected chi connectivity index (χ4v) is 2.22. The van der Waals surface area contributed by atoms with Crippen LogP contribution in [0.25, 0.3) is 11.0 Å². The number of fused-ring (bicyclic) bond motifs is 1. The van der Waals surface area contributed by atoms with Gasteiger partial charge in [0, 0.05) is 6.07 Å². The Kier molecular flexibility index (Phi) is 4.03. The van der Waals surface area contributed by atoms with E-state index in [1.54, 1.807) is 6.92 Å². The molecule has 0 amide bonds. The lowest BCUT2D eigenvalue weighted by Crippen LogP contribution is -2.11. The number of aryl methyl sites for hydroxylation is 1. The fraction of sp³-hybridized carbons (Fsp3) is 0.417. The molecule has 2 rings (SSSR count). The van der Waals surface area contributed by atoms with Crippen LogP contribution < -0.4 is 0 Å². The van der Waals surface area contributed by atoms with Crippen LogP contribution in [0.3, 0.4) is 0 Å². The van der Waals surface area contributed by atoms with Gasteiger partial charge in [-0.05, 0) is 12.0 Å². The molecule has 1 heterocycles. The van der Waals surface area contributed by atoms with Crippen LogP contribution in [0.1, 0.15) is 36.7 Å². The van der Waals surface area contributed by atoms with Gasteiger partial charge in [-0.2, -0.15) is 13.2 Å². The Balaban J connectivity index is 2.90. The number of alkyl halides is 5. The number of H-pyrrole nitrogens is 1. The highest BCUT2D eigenvalue weighted by Crippen LogP contribution is 2.40. The van der Waals surface area contributed by atoms with Crippen molar-refractivity contribution in [1.82, 2.24) is 9.97 Å². The molecule has 0 fully saturated rings. The zero-order chi connectivity index (χ0) is 16.7. The minimum atomic E-state index is -4.84. The summed E-state index contributed by atoms with van der Waals surface area (Å²) in [6.45, 7) is 1.61. The van der Waals surface area contributed by atoms with Crippen molar-refractivity contribution < 1.29 is 26.9 Å². The molecule has 1 aromatic heterocycles. The van der Waals surface area contributed by atoms with Crippen LogP contribution in [0.4, 0.5) is 27.6 Å². The highest BCUT2D eigenvalue weighted by atomic mass is 19.4. The quantitative estimate of drug-likeness (QED) is 0.515. The lowest BCUT2D eigenvalue weighted by atomic mass is 9.99. The number of hydrogen-bond donors (Lipinski definition) is 1. The van der Waals surface area contributed by atoms with Gasteiger partial charge in [0.15, 0.2) is 5.82 Å². The van der Waals surface area contributed by atoms with Crippen molar-refractivity contribution in [2.45, 2.75) is 32.4 Å². The number of aromatic nitrogens is 2. The molecule has 0 saturated carbocycles. The number of nitrogens with zero attached hydrogens (tertiary/aromatic N) is 2. The lowest BCUT2D eigenvalue weighted by molar-refractivity contribution is -0.383. The van der Waals surface area contributed by atoms with Gasteiger partial charge in [-0.25, -0.2) is 13.8 Å². The molecule has 120 valence electrons. The zero-order valence-corrected chi connectivity index (χ0v) is 11.2. The fourth-order valence-electron chi connectivity index (χ4n) is 2.22. The Bertz CT molecular complexity index is 724. The number of imidazole rings is 1. The van der Waals surface area contributed by atoms with Crippen LogP contribution in [0.5, 0.6) is 0 Å². The Morgan fingerprint density at radius 3 is 2.50 bits per heavy atom. The molecule has 10 heteroatoms. The van der Waals surface area contributed by atoms with Crippen molar-refractivity contribution in [2.75, 3.05) is 0 Å². The first-order chi connectivity index (χ1) is 10.2. The minimum Gasteiger partial charge on any atom is -0.332 e. The van der Waals surface area contributed by atoms with Gasteiger partial charge in [0.2, 0.25) is 0 Å². The second-order valence-corrected chi connectivity index (χ2v) is 4.57. The molecule has 0 radical (unpaired) electrons. The van der Waals surface area contributed by atoms with Gasteiger partial charge in [-0.15, -0.1) is 0 Å². The van der Waals surface area contributed by atoms with Crippen LogP contribution >= 0.6 is 0 Å². The van der Waals surface area contributed by atoms with E-state index in [2.05, 4.69) is 9.97 Å². The Morgan fingerprint density at radius 2 is 2.05 bits per heavy atom. The lowest BCUT2D eigenvalue weighted by Gasteiger charge is -2.12. The van der Waals surface area contributed by atoms with Crippen LogP contribution in [0, 0.1) is 10.1 Å². The second-order valence-electron chi connectivity index (χ2n) is 4.57. The van der Waals surface area contributed by atoms with E-state index in [1.165, 1.54) is 0 Å². The summed E-state index contributed by atoms with van der Waals surface area (Å²) in [6.07, 6.45) is -7.70. The molecule has 1 aromatic carbocycles. The van der Waals surface area contributed by atoms with Crippen molar-refractivity contribution in [3.8, 4) is 0 Å². The maximum absolute atomic E-state index is 13.1. The van der Waals surface area contributed by atoms with Gasteiger partial charge >= 0.3 is 6.18 Å². The standard InChI is InChI=1S/C12H10F5N3O2/c1-2-3-5-6(12(15,16)17)4-7(20(21)22)9-8(5)18-11(19-9)10(13)14/h4,10H,2-3H2,1H3,(H,18,19). The van der Waals surface area contributed by atoms with Gasteiger partial charge in [0.25, 0.3) is 12.1 Å². The SMILES string of the molecule is CCCc1c(C(F)(F)F)cc([N+](=O)[O-])c2[nH]c(C(F)F)nc12. The highest BCUT2D eigenvalue weighted by molar-refractivity contribution is 5.89. The van der Waals surface area contributed by atoms with E-state index in [0.717, 1.165) is 0 Å². The first kappa shape index (κ1) is 16.1. The summed E-state index contributed by atoms with van der Waals surface area (Å²) in [5, 5.41) is 10.9. The van der Waals surface area contributed by atoms with Gasteiger partial charge in [0.1, 0.15) is 5.52 Å². The predicted molar refractivity (Wildman–Crippen MR) is 66.7 cm³/mol. The van der Waals surface area contributed by atoms with Gasteiger partial charge < -0.3 is 4.98 Å². The molecule has 2 aromatic rings. The molecule has 0 aliphatic heterocycles. The summed E-state index contributed by atoms with van der Waals surface area (Å²) in [6, 6.07) is 0.362. The number of nitro groups is 1. The van der Waals surface area contributed by atoms with Crippen molar-refractivity contribution in [3.63, 3.8) is 0 Å². The van der Waals surface area contributed by atoms with E-state index >= 15 is 0 Å². The predicted octanol–water partition coefficient (Wildman–Crippen LogP) is 4.38. The summed E-state index contributed by atoms with van der Waals surface area (Å²) in [5.41, 5.74) is -3.32. The summed E-state index contributed by atoms with van der Waals surface area (Å²) >= 11 is 0. The molecule has 0 atom stereocenters. The first-order valence-electron chi connectivity index (χ1n) is 6.22. The average molecular weight is 323 g/mol. The van der Waals surface area contributed by atoms with E-state index in [9.17, 15) is 32.1 Å². The summed E-state index contributed by atoms with van der Waals surface area (Å²) in [4.78, 5) is 15.4. The van der Waals surface area contributed by atoms with Crippen molar-refractivity contribution in [2.24, 2.45) is 0 Å². The van der Waals surface area contributed by atoms with Crippen molar-refractivity contribution >= 4 is 16.7 Å². The molecule has 0 bridgehead atoms. The number of benzene rings is 1. The molecule has 1 N–H and O–H groups in total. The Hall–Kier alpha value is -2.26. The topological polar surface area (TPSA) is 71.8 Å². The van der Waals surface area contributed by atoms with E-state index in [4.69, 9.17) is 0 Å². The maximum Gasteiger partial charge on any atom is 0.417 e. The number of non-ortho nitro benzene ring substituents is 1. The van der Waals surface area contributed by atoms with E-state index in [-0.39, 0.29) is 12.0 Å². The maximum atomic E-state index is 13.1. The minimum absolute atomic E-state index is 0.0864. The molecule has 0 saturated heterocycles. The van der Waals surface area contributed by atoms with Crippen LogP contribution in [-0.4, -0.2) is 14.9 Å². The van der Waals surface area contributed by atoms with E-state index in [0.29, 0.717) is 12.5 Å². The molecule has 0 aliphatic rings. The normalized spacial score (nSPS) is 12.3. The molecular weight excluding hydrogens is 313 g/mol. The number of halogens is 5. The molecule has 5 nitrogen and oxygen atoms in total. The first-order valence-corrected chi connectivity index (χ1v) is 6.22. The average Bonchev–Trinajstić information content (AvgIpc) is 2.82. The highest BCUT2D eigenvalue weighted by Gasteiger charge is 2.38. The number of rotatable bonds is 4. The molecule has 0 aliphatic carbocycles. The second kappa shape index (κ2) is 5.50. The summed E-state index contributed by atoms with van der Waals surface area (Å²) in [5.74, 6) is -0.894. The van der Waals surface area contributed by atoms with E-state index in [1.807, 2.05) is 0 Å². The largest absolute Gasteiger partial charge is 0.417 e. The molecule has 0 unspecified atom stereocenters. The van der Waals surface area contributed by atoms with Gasteiger partial charge in [-0.3, -0.25) is 10.1 Å². The van der Waals surface area contributed by atoms with Crippen LogP contribution in [-0.2, 0) is 12.6 Å². The number of hydrogen-bond acceptors (Lipinski definition) is 3. The molecular formula is C12H10F5N3O2. The van der Waals surface area contributed by atoms with Gasteiger partial charge in [0.05, 0.1) is 16.0 Å². The third kappa shape index (κ3) is 2.72. The number of nitro benzene ring substituents is 1. The smallest absolute Gasteiger partial charge is 0.332 e. The van der Waals surface area contributed by atoms with Gasteiger partial charge in [-0.1, -0.05) is 13.3 Å². The third-order valence-corrected chi connectivity index (χ3v) is 3.08.